The van der Waals surface area contributed by atoms with Gasteiger partial charge in [-0.2, -0.15) is 5.10 Å². The van der Waals surface area contributed by atoms with E-state index in [1.165, 1.54) is 24.3 Å². The van der Waals surface area contributed by atoms with Crippen LogP contribution < -0.4 is 9.47 Å². The van der Waals surface area contributed by atoms with Crippen molar-refractivity contribution in [3.05, 3.63) is 54.4 Å². The van der Waals surface area contributed by atoms with E-state index in [9.17, 15) is 13.2 Å². The summed E-state index contributed by atoms with van der Waals surface area (Å²) < 4.78 is 47.5. The van der Waals surface area contributed by atoms with E-state index < -0.39 is 6.36 Å². The first-order valence-electron chi connectivity index (χ1n) is 6.38. The van der Waals surface area contributed by atoms with E-state index in [-0.39, 0.29) is 5.75 Å². The molecule has 114 valence electrons. The Bertz CT molecular complexity index is 795. The predicted octanol–water partition coefficient (Wildman–Crippen LogP) is 4.33. The first-order valence-corrected chi connectivity index (χ1v) is 6.38. The molecule has 0 radical (unpaired) electrons. The Kier molecular flexibility index (Phi) is 3.40. The predicted molar refractivity (Wildman–Crippen MR) is 73.1 cm³/mol. The molecule has 0 N–H and O–H groups in total. The van der Waals surface area contributed by atoms with Gasteiger partial charge in [0.2, 0.25) is 0 Å². The molecule has 3 aromatic rings. The maximum absolute atomic E-state index is 12.1. The van der Waals surface area contributed by atoms with Gasteiger partial charge in [-0.3, -0.25) is 0 Å². The summed E-state index contributed by atoms with van der Waals surface area (Å²) in [5, 5.41) is 4.13. The minimum atomic E-state index is -4.71. The van der Waals surface area contributed by atoms with Crippen LogP contribution in [-0.2, 0) is 0 Å². The average Bonchev–Trinajstić information content (AvgIpc) is 2.87. The first kappa shape index (κ1) is 14.2. The van der Waals surface area contributed by atoms with Crippen LogP contribution in [0.2, 0.25) is 0 Å². The summed E-state index contributed by atoms with van der Waals surface area (Å²) in [5.74, 6) is 0.684. The lowest BCUT2D eigenvalue weighted by molar-refractivity contribution is -0.274. The van der Waals surface area contributed by atoms with E-state index in [1.807, 2.05) is 19.2 Å². The zero-order valence-electron chi connectivity index (χ0n) is 11.5. The second kappa shape index (κ2) is 5.25. The van der Waals surface area contributed by atoms with Crippen molar-refractivity contribution in [3.63, 3.8) is 0 Å². The number of nitrogens with zero attached hydrogens (tertiary/aromatic N) is 2. The highest BCUT2D eigenvalue weighted by Crippen LogP contribution is 2.29. The van der Waals surface area contributed by atoms with E-state index in [2.05, 4.69) is 9.84 Å². The third-order valence-electron chi connectivity index (χ3n) is 2.89. The van der Waals surface area contributed by atoms with Crippen LogP contribution in [0.5, 0.6) is 17.2 Å². The van der Waals surface area contributed by atoms with E-state index in [1.54, 1.807) is 16.8 Å². The van der Waals surface area contributed by atoms with Gasteiger partial charge in [0, 0.05) is 6.20 Å². The summed E-state index contributed by atoms with van der Waals surface area (Å²) in [6.45, 7) is 1.90. The minimum absolute atomic E-state index is 0.293. The third-order valence-corrected chi connectivity index (χ3v) is 2.89. The molecule has 2 aromatic heterocycles. The van der Waals surface area contributed by atoms with Crippen molar-refractivity contribution in [1.29, 1.82) is 0 Å². The van der Waals surface area contributed by atoms with Crippen molar-refractivity contribution in [2.24, 2.45) is 0 Å². The highest BCUT2D eigenvalue weighted by molar-refractivity contribution is 5.61. The molecule has 0 unspecified atom stereocenters. The molecule has 2 heterocycles. The Labute approximate surface area is 123 Å². The number of hydrogen-bond acceptors (Lipinski definition) is 3. The van der Waals surface area contributed by atoms with Gasteiger partial charge < -0.3 is 9.47 Å². The number of alkyl halides is 3. The van der Waals surface area contributed by atoms with Crippen LogP contribution >= 0.6 is 0 Å². The van der Waals surface area contributed by atoms with Crippen LogP contribution in [0.4, 0.5) is 13.2 Å². The molecule has 0 spiro atoms. The lowest BCUT2D eigenvalue weighted by Crippen LogP contribution is -2.16. The average molecular weight is 308 g/mol. The summed E-state index contributed by atoms with van der Waals surface area (Å²) in [6, 6.07) is 8.85. The van der Waals surface area contributed by atoms with Gasteiger partial charge in [-0.15, -0.1) is 13.2 Å². The maximum atomic E-state index is 12.1. The van der Waals surface area contributed by atoms with Gasteiger partial charge in [-0.05, 0) is 48.9 Å². The summed E-state index contributed by atoms with van der Waals surface area (Å²) in [6.07, 6.45) is -1.22. The molecule has 0 saturated carbocycles. The first-order chi connectivity index (χ1) is 10.4. The molecule has 1 aromatic carbocycles. The normalized spacial score (nSPS) is 11.6. The molecular weight excluding hydrogens is 297 g/mol. The number of rotatable bonds is 3. The van der Waals surface area contributed by atoms with Gasteiger partial charge in [-0.25, -0.2) is 4.52 Å². The Morgan fingerprint density at radius 3 is 2.41 bits per heavy atom. The number of halogens is 3. The number of benzene rings is 1. The molecule has 0 aliphatic carbocycles. The van der Waals surface area contributed by atoms with E-state index in [0.29, 0.717) is 11.5 Å². The fourth-order valence-corrected chi connectivity index (χ4v) is 2.04. The highest BCUT2D eigenvalue weighted by atomic mass is 19.4. The quantitative estimate of drug-likeness (QED) is 0.722. The lowest BCUT2D eigenvalue weighted by atomic mass is 10.2. The molecule has 0 aliphatic heterocycles. The van der Waals surface area contributed by atoms with Crippen molar-refractivity contribution < 1.29 is 22.6 Å². The molecule has 0 aliphatic rings. The Morgan fingerprint density at radius 1 is 1.05 bits per heavy atom. The van der Waals surface area contributed by atoms with Crippen LogP contribution in [0.15, 0.2) is 48.8 Å². The zero-order chi connectivity index (χ0) is 15.7. The molecule has 0 amide bonds. The molecule has 7 heteroatoms. The minimum Gasteiger partial charge on any atom is -0.455 e. The Hall–Kier alpha value is -2.70. The fourth-order valence-electron chi connectivity index (χ4n) is 2.04. The fraction of sp³-hybridized carbons (Fsp3) is 0.133. The molecule has 0 atom stereocenters. The largest absolute Gasteiger partial charge is 0.573 e. The summed E-state index contributed by atoms with van der Waals surface area (Å²) in [4.78, 5) is 0. The van der Waals surface area contributed by atoms with E-state index in [0.717, 1.165) is 11.1 Å². The van der Waals surface area contributed by atoms with Crippen LogP contribution in [-0.4, -0.2) is 16.0 Å². The van der Waals surface area contributed by atoms with Crippen LogP contribution in [0.1, 0.15) is 5.56 Å². The molecule has 22 heavy (non-hydrogen) atoms. The standard InChI is InChI=1S/C15H11F3N2O2/c1-10-8-14(13-6-7-19-20(13)9-10)21-11-2-4-12(5-3-11)22-15(16,17)18/h2-9H,1H3. The second-order valence-corrected chi connectivity index (χ2v) is 4.66. The number of pyridine rings is 1. The van der Waals surface area contributed by atoms with Crippen molar-refractivity contribution in [2.45, 2.75) is 13.3 Å². The van der Waals surface area contributed by atoms with Gasteiger partial charge in [0.05, 0.1) is 6.20 Å². The highest BCUT2D eigenvalue weighted by Gasteiger charge is 2.30. The van der Waals surface area contributed by atoms with Crippen molar-refractivity contribution in [3.8, 4) is 17.2 Å². The van der Waals surface area contributed by atoms with Crippen molar-refractivity contribution in [1.82, 2.24) is 9.61 Å². The number of fused-ring (bicyclic) bond motifs is 1. The lowest BCUT2D eigenvalue weighted by Gasteiger charge is -2.11. The number of ether oxygens (including phenoxy) is 2. The van der Waals surface area contributed by atoms with Gasteiger partial charge in [0.15, 0.2) is 5.75 Å². The summed E-state index contributed by atoms with van der Waals surface area (Å²) in [5.41, 5.74) is 1.71. The molecule has 4 nitrogen and oxygen atoms in total. The van der Waals surface area contributed by atoms with E-state index in [4.69, 9.17) is 4.74 Å². The zero-order valence-corrected chi connectivity index (χ0v) is 11.5. The second-order valence-electron chi connectivity index (χ2n) is 4.66. The van der Waals surface area contributed by atoms with Gasteiger partial charge >= 0.3 is 6.36 Å². The topological polar surface area (TPSA) is 35.8 Å². The number of hydrogen-bond donors (Lipinski definition) is 0. The van der Waals surface area contributed by atoms with Crippen LogP contribution in [0.3, 0.4) is 0 Å². The monoisotopic (exact) mass is 308 g/mol. The van der Waals surface area contributed by atoms with Crippen LogP contribution in [0, 0.1) is 6.92 Å². The van der Waals surface area contributed by atoms with E-state index >= 15 is 0 Å². The maximum Gasteiger partial charge on any atom is 0.573 e. The number of aryl methyl sites for hydroxylation is 1. The van der Waals surface area contributed by atoms with Crippen LogP contribution in [0.25, 0.3) is 5.52 Å². The smallest absolute Gasteiger partial charge is 0.455 e. The van der Waals surface area contributed by atoms with Crippen molar-refractivity contribution in [2.75, 3.05) is 0 Å². The summed E-state index contributed by atoms with van der Waals surface area (Å²) >= 11 is 0. The molecule has 3 rings (SSSR count). The van der Waals surface area contributed by atoms with Gasteiger partial charge in [0.25, 0.3) is 0 Å². The SMILES string of the molecule is Cc1cc(Oc2ccc(OC(F)(F)F)cc2)c2ccnn2c1. The Morgan fingerprint density at radius 2 is 1.73 bits per heavy atom. The number of aromatic nitrogens is 2. The Balaban J connectivity index is 1.84. The van der Waals surface area contributed by atoms with Crippen molar-refractivity contribution >= 4 is 5.52 Å². The molecular formula is C15H11F3N2O2. The van der Waals surface area contributed by atoms with Gasteiger partial charge in [0.1, 0.15) is 17.0 Å². The third kappa shape index (κ3) is 3.13. The molecule has 0 saturated heterocycles. The molecule has 0 bridgehead atoms. The molecule has 0 fully saturated rings. The van der Waals surface area contributed by atoms with Gasteiger partial charge in [-0.1, -0.05) is 0 Å². The summed E-state index contributed by atoms with van der Waals surface area (Å²) in [7, 11) is 0.